The quantitative estimate of drug-likeness (QED) is 0.0696. The second-order valence-electron chi connectivity index (χ2n) is 24.6. The fourth-order valence-corrected chi connectivity index (χ4v) is 11.6. The molecule has 2 heterocycles. The highest BCUT2D eigenvalue weighted by molar-refractivity contribution is 6.05. The van der Waals surface area contributed by atoms with E-state index in [0.29, 0.717) is 16.8 Å². The lowest BCUT2D eigenvalue weighted by atomic mass is 9.83. The molecule has 4 aromatic carbocycles. The molecule has 4 aliphatic rings. The molecule has 2 aliphatic heterocycles. The second-order valence-corrected chi connectivity index (χ2v) is 24.6. The van der Waals surface area contributed by atoms with Crippen molar-refractivity contribution in [2.24, 2.45) is 10.8 Å². The number of nitrogens with one attached hydrogen (secondary N) is 8. The Labute approximate surface area is 476 Å². The first-order valence-electron chi connectivity index (χ1n) is 28.6. The van der Waals surface area contributed by atoms with Crippen LogP contribution in [-0.2, 0) is 54.6 Å². The highest BCUT2D eigenvalue weighted by atomic mass is 16.2. The predicted molar refractivity (Wildman–Crippen MR) is 311 cm³/mol. The maximum absolute atomic E-state index is 14.9. The van der Waals surface area contributed by atoms with Crippen LogP contribution >= 0.6 is 0 Å². The summed E-state index contributed by atoms with van der Waals surface area (Å²) in [4.78, 5) is 116. The molecule has 9 unspecified atom stereocenters. The lowest BCUT2D eigenvalue weighted by molar-refractivity contribution is -0.147. The molecule has 2 aliphatic carbocycles. The van der Waals surface area contributed by atoms with Crippen LogP contribution in [0.25, 0.3) is 0 Å². The van der Waals surface area contributed by atoms with E-state index in [1.807, 2.05) is 84.0 Å². The molecule has 8 N–H and O–H groups in total. The van der Waals surface area contributed by atoms with Crippen molar-refractivity contribution in [1.82, 2.24) is 47.0 Å². The molecule has 0 spiro atoms. The van der Waals surface area contributed by atoms with Crippen molar-refractivity contribution in [1.29, 1.82) is 0 Å². The lowest BCUT2D eigenvalue weighted by Crippen LogP contribution is -2.62. The number of rotatable bonds is 16. The molecule has 18 heteroatoms. The number of hydrogen-bond acceptors (Lipinski definition) is 10. The number of carbonyl (C=O) groups excluding carboxylic acids is 8. The van der Waals surface area contributed by atoms with Crippen LogP contribution in [0, 0.1) is 10.8 Å². The van der Waals surface area contributed by atoms with Gasteiger partial charge in [0, 0.05) is 42.4 Å². The minimum atomic E-state index is -0.977. The molecule has 4 aromatic rings. The molecule has 1 saturated heterocycles. The van der Waals surface area contributed by atoms with Crippen LogP contribution in [0.1, 0.15) is 154 Å². The Hall–Kier alpha value is -7.44. The summed E-state index contributed by atoms with van der Waals surface area (Å²) in [6.45, 7) is 14.6. The van der Waals surface area contributed by atoms with Crippen LogP contribution in [0.4, 0.5) is 5.69 Å². The fraction of sp³-hybridized carbons (Fsp3) is 0.492. The Morgan fingerprint density at radius 3 is 1.56 bits per heavy atom. The third-order valence-electron chi connectivity index (χ3n) is 16.6. The zero-order chi connectivity index (χ0) is 58.5. The number of carbonyl (C=O) groups is 8. The summed E-state index contributed by atoms with van der Waals surface area (Å²) >= 11 is 0. The molecule has 432 valence electrons. The SMILES string of the molecule is CNC(C)C(=O)NC(C(=O)N1Cc2cc(C(=O)Nc3ccc(C(=O)NC4CC(C(=O)NC5CCCc6ccccc65)N(C(=O)C(NC(=O)C(C)NC)C(C)(C)C)C4)cc3)ccc2CC1C(=O)NC1CCCc2ccccc21)C(C)(C)C. The van der Waals surface area contributed by atoms with E-state index in [4.69, 9.17) is 0 Å². The van der Waals surface area contributed by atoms with Gasteiger partial charge in [-0.15, -0.1) is 0 Å². The van der Waals surface area contributed by atoms with Crippen LogP contribution in [-0.4, -0.2) is 120 Å². The first kappa shape index (κ1) is 59.7. The minimum absolute atomic E-state index is 0.0134. The molecule has 8 rings (SSSR count). The first-order valence-corrected chi connectivity index (χ1v) is 28.6. The van der Waals surface area contributed by atoms with Gasteiger partial charge in [0.25, 0.3) is 11.8 Å². The van der Waals surface area contributed by atoms with Gasteiger partial charge in [-0.25, -0.2) is 0 Å². The number of amides is 8. The second kappa shape index (κ2) is 25.1. The zero-order valence-electron chi connectivity index (χ0n) is 48.6. The Balaban J connectivity index is 0.972. The van der Waals surface area contributed by atoms with Crippen molar-refractivity contribution >= 4 is 52.9 Å². The summed E-state index contributed by atoms with van der Waals surface area (Å²) in [5, 5.41) is 24.2. The van der Waals surface area contributed by atoms with Crippen LogP contribution < -0.4 is 42.5 Å². The van der Waals surface area contributed by atoms with E-state index >= 15 is 0 Å². The molecular weight excluding hydrogens is 1020 g/mol. The van der Waals surface area contributed by atoms with Crippen LogP contribution in [0.15, 0.2) is 91.0 Å². The number of likely N-dealkylation sites (N-methyl/N-ethyl adjacent to an activating group) is 2. The summed E-state index contributed by atoms with van der Waals surface area (Å²) in [5.41, 5.74) is 5.52. The average Bonchev–Trinajstić information content (AvgIpc) is 3.95. The molecule has 0 bridgehead atoms. The lowest BCUT2D eigenvalue weighted by Gasteiger charge is -2.42. The Kier molecular flexibility index (Phi) is 18.5. The van der Waals surface area contributed by atoms with Gasteiger partial charge in [0.1, 0.15) is 24.2 Å². The summed E-state index contributed by atoms with van der Waals surface area (Å²) in [5.74, 6) is -3.05. The minimum Gasteiger partial charge on any atom is -0.347 e. The third kappa shape index (κ3) is 13.8. The van der Waals surface area contributed by atoms with E-state index in [2.05, 4.69) is 54.7 Å². The Morgan fingerprint density at radius 1 is 0.543 bits per heavy atom. The molecular formula is C63H82N10O8. The first-order chi connectivity index (χ1) is 38.4. The van der Waals surface area contributed by atoms with Gasteiger partial charge in [-0.05, 0) is 153 Å². The Bertz CT molecular complexity index is 3020. The van der Waals surface area contributed by atoms with Crippen molar-refractivity contribution in [2.45, 2.75) is 168 Å². The monoisotopic (exact) mass is 1110 g/mol. The van der Waals surface area contributed by atoms with Gasteiger partial charge in [-0.2, -0.15) is 0 Å². The highest BCUT2D eigenvalue weighted by Gasteiger charge is 2.47. The number of aryl methyl sites for hydroxylation is 2. The molecule has 8 amide bonds. The topological polar surface area (TPSA) is 239 Å². The van der Waals surface area contributed by atoms with E-state index in [-0.39, 0.29) is 67.2 Å². The van der Waals surface area contributed by atoms with Crippen molar-refractivity contribution in [3.63, 3.8) is 0 Å². The third-order valence-corrected chi connectivity index (χ3v) is 16.6. The smallest absolute Gasteiger partial charge is 0.255 e. The standard InChI is InChI=1S/C63H82N10O8/c1-36(64-9)54(74)70-52(62(3,4)5)60(80)72-34-43-31-42(26-25-41(43)32-50(72)58(78)68-48-23-15-19-38-17-11-13-21-46(38)48)57(77)66-44-29-27-40(28-30-44)56(76)67-45-33-51(59(79)69-49-24-16-20-39-18-12-14-22-47(39)49)73(35-45)61(81)53(63(6,7)8)71-55(75)37(2)65-10/h11-14,17-18,21-22,25-31,36-37,45,48-53,64-65H,15-16,19-20,23-24,32-35H2,1-10H3,(H,66,77)(H,67,76)(H,68,78)(H,69,79)(H,70,74)(H,71,75). The summed E-state index contributed by atoms with van der Waals surface area (Å²) in [7, 11) is 3.33. The van der Waals surface area contributed by atoms with E-state index in [9.17, 15) is 38.4 Å². The number of fused-ring (bicyclic) bond motifs is 3. The molecule has 0 radical (unpaired) electrons. The summed E-state index contributed by atoms with van der Waals surface area (Å²) in [6.07, 6.45) is 5.48. The average molecular weight is 1110 g/mol. The fourth-order valence-electron chi connectivity index (χ4n) is 11.6. The maximum atomic E-state index is 14.9. The van der Waals surface area contributed by atoms with Crippen LogP contribution in [0.2, 0.25) is 0 Å². The number of nitrogens with zero attached hydrogens (tertiary/aromatic N) is 2. The van der Waals surface area contributed by atoms with Gasteiger partial charge in [0.2, 0.25) is 35.4 Å². The van der Waals surface area contributed by atoms with Gasteiger partial charge in [-0.1, -0.05) is 96.1 Å². The predicted octanol–water partition coefficient (Wildman–Crippen LogP) is 5.56. The van der Waals surface area contributed by atoms with Crippen LogP contribution in [0.3, 0.4) is 0 Å². The molecule has 1 fully saturated rings. The summed E-state index contributed by atoms with van der Waals surface area (Å²) < 4.78 is 0. The van der Waals surface area contributed by atoms with Gasteiger partial charge < -0.3 is 52.3 Å². The van der Waals surface area contributed by atoms with Crippen molar-refractivity contribution in [3.8, 4) is 0 Å². The van der Waals surface area contributed by atoms with Gasteiger partial charge >= 0.3 is 0 Å². The zero-order valence-corrected chi connectivity index (χ0v) is 48.6. The molecule has 0 saturated carbocycles. The number of likely N-dealkylation sites (tertiary alicyclic amines) is 1. The highest BCUT2D eigenvalue weighted by Crippen LogP contribution is 2.35. The van der Waals surface area contributed by atoms with Gasteiger partial charge in [-0.3, -0.25) is 38.4 Å². The number of hydrogen-bond donors (Lipinski definition) is 8. The van der Waals surface area contributed by atoms with Crippen LogP contribution in [0.5, 0.6) is 0 Å². The van der Waals surface area contributed by atoms with E-state index in [0.717, 1.165) is 55.2 Å². The molecule has 0 aromatic heterocycles. The molecule has 81 heavy (non-hydrogen) atoms. The van der Waals surface area contributed by atoms with Gasteiger partial charge in [0.05, 0.1) is 24.2 Å². The van der Waals surface area contributed by atoms with Crippen molar-refractivity contribution in [3.05, 3.63) is 136 Å². The largest absolute Gasteiger partial charge is 0.347 e. The van der Waals surface area contributed by atoms with E-state index < -0.39 is 76.8 Å². The maximum Gasteiger partial charge on any atom is 0.255 e. The summed E-state index contributed by atoms with van der Waals surface area (Å²) in [6, 6.07) is 21.7. The van der Waals surface area contributed by atoms with E-state index in [1.165, 1.54) is 16.0 Å². The number of benzene rings is 4. The molecule has 18 nitrogen and oxygen atoms in total. The van der Waals surface area contributed by atoms with E-state index in [1.54, 1.807) is 69.2 Å². The molecule has 9 atom stereocenters. The van der Waals surface area contributed by atoms with Gasteiger partial charge in [0.15, 0.2) is 0 Å². The number of anilines is 1. The normalized spacial score (nSPS) is 21.1. The van der Waals surface area contributed by atoms with Crippen molar-refractivity contribution in [2.75, 3.05) is 26.0 Å². The Morgan fingerprint density at radius 2 is 1.04 bits per heavy atom. The van der Waals surface area contributed by atoms with Crippen molar-refractivity contribution < 1.29 is 38.4 Å².